The Kier molecular flexibility index (Phi) is 4.90. The van der Waals surface area contributed by atoms with E-state index in [1.54, 1.807) is 0 Å². The zero-order valence-corrected chi connectivity index (χ0v) is 10.8. The number of hydrogen-bond donors (Lipinski definition) is 1. The fourth-order valence-electron chi connectivity index (χ4n) is 2.54. The van der Waals surface area contributed by atoms with Crippen molar-refractivity contribution >= 4 is 0 Å². The van der Waals surface area contributed by atoms with Gasteiger partial charge in [-0.25, -0.2) is 0 Å². The summed E-state index contributed by atoms with van der Waals surface area (Å²) in [5.74, 6) is 0.726. The second kappa shape index (κ2) is 6.24. The molecule has 1 saturated heterocycles. The molecule has 0 unspecified atom stereocenters. The lowest BCUT2D eigenvalue weighted by Crippen LogP contribution is -2.38. The quantitative estimate of drug-likeness (QED) is 0.793. The normalized spacial score (nSPS) is 23.5. The topological polar surface area (TPSA) is 15.3 Å². The van der Waals surface area contributed by atoms with E-state index in [4.69, 9.17) is 0 Å². The van der Waals surface area contributed by atoms with Gasteiger partial charge in [-0.2, -0.15) is 13.2 Å². The lowest BCUT2D eigenvalue weighted by Gasteiger charge is -2.32. The fraction of sp³-hybridized carbons (Fsp3) is 1.00. The molecule has 1 aliphatic carbocycles. The van der Waals surface area contributed by atoms with Gasteiger partial charge in [0.15, 0.2) is 0 Å². The summed E-state index contributed by atoms with van der Waals surface area (Å²) in [6, 6.07) is 0.759. The average Bonchev–Trinajstić information content (AvgIpc) is 3.10. The molecule has 18 heavy (non-hydrogen) atoms. The first-order chi connectivity index (χ1) is 8.53. The highest BCUT2D eigenvalue weighted by Crippen LogP contribution is 2.24. The van der Waals surface area contributed by atoms with Gasteiger partial charge in [0.2, 0.25) is 0 Å². The monoisotopic (exact) mass is 264 g/mol. The van der Waals surface area contributed by atoms with Gasteiger partial charge < -0.3 is 10.2 Å². The Balaban J connectivity index is 1.52. The Morgan fingerprint density at radius 3 is 2.28 bits per heavy atom. The predicted molar refractivity (Wildman–Crippen MR) is 65.5 cm³/mol. The summed E-state index contributed by atoms with van der Waals surface area (Å²) in [7, 11) is 0. The van der Waals surface area contributed by atoms with E-state index in [0.717, 1.165) is 44.4 Å². The van der Waals surface area contributed by atoms with E-state index in [9.17, 15) is 13.2 Å². The van der Waals surface area contributed by atoms with Crippen molar-refractivity contribution < 1.29 is 13.2 Å². The minimum atomic E-state index is -3.99. The maximum Gasteiger partial charge on any atom is 0.389 e. The summed E-state index contributed by atoms with van der Waals surface area (Å²) < 4.78 is 36.1. The summed E-state index contributed by atoms with van der Waals surface area (Å²) in [5.41, 5.74) is 0. The van der Waals surface area contributed by atoms with E-state index in [1.807, 2.05) is 0 Å². The molecule has 2 rings (SSSR count). The summed E-state index contributed by atoms with van der Waals surface area (Å²) in [5, 5.41) is 3.54. The molecule has 1 N–H and O–H groups in total. The maximum absolute atomic E-state index is 12.0. The standard InChI is InChI=1S/C13H23F3N2/c14-13(15,16)6-1-7-18-8-4-11(5-9-18)10-17-12-2-3-12/h11-12,17H,1-10H2. The van der Waals surface area contributed by atoms with Crippen molar-refractivity contribution in [3.05, 3.63) is 0 Å². The Morgan fingerprint density at radius 2 is 1.72 bits per heavy atom. The van der Waals surface area contributed by atoms with Crippen LogP contribution in [0.4, 0.5) is 13.2 Å². The number of piperidine rings is 1. The van der Waals surface area contributed by atoms with Gasteiger partial charge in [0.05, 0.1) is 0 Å². The van der Waals surface area contributed by atoms with Crippen LogP contribution >= 0.6 is 0 Å². The zero-order chi connectivity index (χ0) is 13.0. The van der Waals surface area contributed by atoms with Crippen LogP contribution in [-0.4, -0.2) is 43.3 Å². The van der Waals surface area contributed by atoms with Gasteiger partial charge in [0.25, 0.3) is 0 Å². The molecule has 1 saturated carbocycles. The molecule has 0 atom stereocenters. The van der Waals surface area contributed by atoms with Crippen LogP contribution in [0.15, 0.2) is 0 Å². The zero-order valence-electron chi connectivity index (χ0n) is 10.8. The summed E-state index contributed by atoms with van der Waals surface area (Å²) in [4.78, 5) is 2.18. The molecule has 1 heterocycles. The van der Waals surface area contributed by atoms with Gasteiger partial charge in [-0.1, -0.05) is 0 Å². The first kappa shape index (κ1) is 14.1. The van der Waals surface area contributed by atoms with E-state index in [-0.39, 0.29) is 6.42 Å². The van der Waals surface area contributed by atoms with E-state index >= 15 is 0 Å². The number of rotatable bonds is 6. The van der Waals surface area contributed by atoms with Crippen LogP contribution in [0.2, 0.25) is 0 Å². The molecule has 0 aromatic rings. The summed E-state index contributed by atoms with van der Waals surface area (Å²) >= 11 is 0. The lowest BCUT2D eigenvalue weighted by atomic mass is 9.96. The van der Waals surface area contributed by atoms with Crippen molar-refractivity contribution in [1.82, 2.24) is 10.2 Å². The second-order valence-electron chi connectivity index (χ2n) is 5.69. The highest BCUT2D eigenvalue weighted by atomic mass is 19.4. The minimum absolute atomic E-state index is 0.245. The van der Waals surface area contributed by atoms with Crippen LogP contribution < -0.4 is 5.32 Å². The molecule has 0 bridgehead atoms. The maximum atomic E-state index is 12.0. The van der Waals surface area contributed by atoms with Gasteiger partial charge in [0.1, 0.15) is 0 Å². The Morgan fingerprint density at radius 1 is 1.06 bits per heavy atom. The van der Waals surface area contributed by atoms with Crippen molar-refractivity contribution in [3.8, 4) is 0 Å². The lowest BCUT2D eigenvalue weighted by molar-refractivity contribution is -0.136. The molecule has 0 aromatic carbocycles. The third kappa shape index (κ3) is 5.57. The highest BCUT2D eigenvalue weighted by molar-refractivity contribution is 4.83. The smallest absolute Gasteiger partial charge is 0.314 e. The minimum Gasteiger partial charge on any atom is -0.314 e. The van der Waals surface area contributed by atoms with Crippen LogP contribution in [0.25, 0.3) is 0 Å². The molecule has 1 aliphatic heterocycles. The second-order valence-corrected chi connectivity index (χ2v) is 5.69. The molecule has 0 aromatic heterocycles. The van der Waals surface area contributed by atoms with Crippen LogP contribution in [0, 0.1) is 5.92 Å². The number of hydrogen-bond acceptors (Lipinski definition) is 2. The Hall–Kier alpha value is -0.290. The Bertz CT molecular complexity index is 243. The third-order valence-corrected chi connectivity index (χ3v) is 3.91. The number of nitrogens with one attached hydrogen (secondary N) is 1. The predicted octanol–water partition coefficient (Wildman–Crippen LogP) is 2.79. The summed E-state index contributed by atoms with van der Waals surface area (Å²) in [6.45, 7) is 3.63. The molecular formula is C13H23F3N2. The van der Waals surface area contributed by atoms with Crippen molar-refractivity contribution in [1.29, 1.82) is 0 Å². The van der Waals surface area contributed by atoms with E-state index in [1.165, 1.54) is 12.8 Å². The van der Waals surface area contributed by atoms with Crippen molar-refractivity contribution in [2.24, 2.45) is 5.92 Å². The first-order valence-corrected chi connectivity index (χ1v) is 7.05. The van der Waals surface area contributed by atoms with Crippen LogP contribution in [0.1, 0.15) is 38.5 Å². The van der Waals surface area contributed by atoms with Crippen molar-refractivity contribution in [3.63, 3.8) is 0 Å². The summed E-state index contributed by atoms with van der Waals surface area (Å²) in [6.07, 6.45) is 0.501. The number of halogens is 3. The first-order valence-electron chi connectivity index (χ1n) is 7.05. The number of nitrogens with zero attached hydrogens (tertiary/aromatic N) is 1. The SMILES string of the molecule is FC(F)(F)CCCN1CCC(CNC2CC2)CC1. The molecule has 5 heteroatoms. The van der Waals surface area contributed by atoms with Crippen LogP contribution in [-0.2, 0) is 0 Å². The Labute approximate surface area is 107 Å². The molecular weight excluding hydrogens is 241 g/mol. The number of likely N-dealkylation sites (tertiary alicyclic amines) is 1. The van der Waals surface area contributed by atoms with E-state index < -0.39 is 12.6 Å². The highest BCUT2D eigenvalue weighted by Gasteiger charge is 2.27. The van der Waals surface area contributed by atoms with Gasteiger partial charge in [-0.15, -0.1) is 0 Å². The molecule has 2 fully saturated rings. The molecule has 2 aliphatic rings. The molecule has 2 nitrogen and oxygen atoms in total. The van der Waals surface area contributed by atoms with Crippen molar-refractivity contribution in [2.75, 3.05) is 26.2 Å². The average molecular weight is 264 g/mol. The van der Waals surface area contributed by atoms with E-state index in [2.05, 4.69) is 10.2 Å². The molecule has 0 amide bonds. The van der Waals surface area contributed by atoms with Gasteiger partial charge in [0, 0.05) is 12.5 Å². The van der Waals surface area contributed by atoms with Crippen LogP contribution in [0.5, 0.6) is 0 Å². The molecule has 0 radical (unpaired) electrons. The number of alkyl halides is 3. The molecule has 0 spiro atoms. The largest absolute Gasteiger partial charge is 0.389 e. The van der Waals surface area contributed by atoms with Gasteiger partial charge in [-0.3, -0.25) is 0 Å². The van der Waals surface area contributed by atoms with E-state index in [0.29, 0.717) is 6.54 Å². The van der Waals surface area contributed by atoms with Gasteiger partial charge >= 0.3 is 6.18 Å². The van der Waals surface area contributed by atoms with Crippen LogP contribution in [0.3, 0.4) is 0 Å². The van der Waals surface area contributed by atoms with Crippen molar-refractivity contribution in [2.45, 2.75) is 50.7 Å². The van der Waals surface area contributed by atoms with Gasteiger partial charge in [-0.05, 0) is 64.2 Å². The molecule has 106 valence electrons. The fourth-order valence-corrected chi connectivity index (χ4v) is 2.54. The third-order valence-electron chi connectivity index (χ3n) is 3.91.